The Morgan fingerprint density at radius 2 is 1.26 bits per heavy atom. The molecule has 11 N–H and O–H groups in total. The second-order valence-corrected chi connectivity index (χ2v) is 16.4. The molecule has 1 aromatic rings. The minimum Gasteiger partial charge on any atom is -0.481 e. The molecule has 0 heterocycles. The second kappa shape index (κ2) is 25.3. The molecule has 0 bridgehead atoms. The number of aliphatic carboxylic acids is 3. The number of hydrogen-bond donors (Lipinski definition) is 11. The average molecular weight is 881 g/mol. The Hall–Kier alpha value is -5.54. The van der Waals surface area contributed by atoms with Gasteiger partial charge >= 0.3 is 25.0 Å². The highest BCUT2D eigenvalue weighted by atomic mass is 35.5. The molecule has 22 heteroatoms. The van der Waals surface area contributed by atoms with Crippen LogP contribution in [-0.2, 0) is 49.6 Å². The Kier molecular flexibility index (Phi) is 22.2. The summed E-state index contributed by atoms with van der Waals surface area (Å²) in [5.41, 5.74) is 0.0650. The summed E-state index contributed by atoms with van der Waals surface area (Å²) in [7, 11) is -1.94. The van der Waals surface area contributed by atoms with Gasteiger partial charge in [-0.15, -0.1) is 6.58 Å². The van der Waals surface area contributed by atoms with E-state index in [1.165, 1.54) is 12.1 Å². The van der Waals surface area contributed by atoms with E-state index in [0.29, 0.717) is 16.1 Å². The number of carbonyl (C=O) groups excluding carboxylic acids is 6. The van der Waals surface area contributed by atoms with E-state index in [2.05, 4.69) is 38.5 Å². The van der Waals surface area contributed by atoms with Gasteiger partial charge in [-0.1, -0.05) is 58.4 Å². The molecule has 0 aromatic heterocycles. The van der Waals surface area contributed by atoms with Crippen molar-refractivity contribution < 1.29 is 68.5 Å². The summed E-state index contributed by atoms with van der Waals surface area (Å²) in [5.74, 6) is -11.3. The molecular weight excluding hydrogens is 823 g/mol. The summed E-state index contributed by atoms with van der Waals surface area (Å²) in [6.07, 6.45) is -2.23. The average Bonchev–Trinajstić information content (AvgIpc) is 3.13. The van der Waals surface area contributed by atoms with Gasteiger partial charge in [-0.3, -0.25) is 43.2 Å². The minimum atomic E-state index is -1.94. The van der Waals surface area contributed by atoms with Gasteiger partial charge in [0, 0.05) is 24.3 Å². The Morgan fingerprint density at radius 3 is 1.77 bits per heavy atom. The highest BCUT2D eigenvalue weighted by Crippen LogP contribution is 2.22. The summed E-state index contributed by atoms with van der Waals surface area (Å²) in [4.78, 5) is 115. The molecule has 6 amide bonds. The fourth-order valence-electron chi connectivity index (χ4n) is 5.86. The van der Waals surface area contributed by atoms with Crippen LogP contribution < -0.4 is 31.9 Å². The van der Waals surface area contributed by atoms with Crippen LogP contribution in [0.4, 0.5) is 0 Å². The molecule has 0 fully saturated rings. The maximum atomic E-state index is 14.3. The predicted molar refractivity (Wildman–Crippen MR) is 221 cm³/mol. The van der Waals surface area contributed by atoms with E-state index in [-0.39, 0.29) is 25.2 Å². The first-order chi connectivity index (χ1) is 28.2. The number of aryl methyl sites for hydroxylation is 1. The van der Waals surface area contributed by atoms with Crippen LogP contribution in [-0.4, -0.2) is 122 Å². The molecule has 20 nitrogen and oxygen atoms in total. The highest BCUT2D eigenvalue weighted by Gasteiger charge is 2.39. The summed E-state index contributed by atoms with van der Waals surface area (Å²) in [6, 6.07) is -2.92. The van der Waals surface area contributed by atoms with Gasteiger partial charge in [0.2, 0.25) is 35.4 Å². The molecule has 0 unspecified atom stereocenters. The molecule has 0 radical (unpaired) electrons. The molecule has 0 spiro atoms. The molecule has 0 aliphatic carbocycles. The smallest absolute Gasteiger partial charge is 0.475 e. The molecule has 1 rings (SSSR count). The van der Waals surface area contributed by atoms with Gasteiger partial charge in [0.05, 0.1) is 18.8 Å². The standard InChI is InChI=1S/C39H58BClN6O14/c1-8-9-28(40(60)61)46-36(57)25(16-20(2)3)45-38(59)33(39(5,6)7)47-37(58)26(18-22-10-11-23(41)17-21(22)4)44-34(55)24(12-14-30(49)50)43-35(56)27(19-32(53)54)42-29(48)13-15-31(51)52/h8,10-11,17,20,24-28,33,60-61H,1,9,12-16,18-19H2,2-7H3,(H,42,48)(H,43,56)(H,44,55)(H,45,59)(H,46,57)(H,47,58)(H,49,50)(H,51,52)(H,53,54)/t24-,25-,26-,27-,28-,33+/m0/s1. The van der Waals surface area contributed by atoms with Gasteiger partial charge in [-0.2, -0.15) is 0 Å². The first kappa shape index (κ1) is 53.5. The van der Waals surface area contributed by atoms with Crippen LogP contribution in [0, 0.1) is 18.3 Å². The van der Waals surface area contributed by atoms with Crippen molar-refractivity contribution in [2.24, 2.45) is 11.3 Å². The largest absolute Gasteiger partial charge is 0.481 e. The summed E-state index contributed by atoms with van der Waals surface area (Å²) in [6.45, 7) is 13.7. The van der Waals surface area contributed by atoms with E-state index in [1.54, 1.807) is 53.7 Å². The van der Waals surface area contributed by atoms with Crippen LogP contribution in [0.15, 0.2) is 30.9 Å². The number of benzene rings is 1. The maximum absolute atomic E-state index is 14.3. The van der Waals surface area contributed by atoms with Gasteiger partial charge < -0.3 is 57.3 Å². The van der Waals surface area contributed by atoms with E-state index in [0.717, 1.165) is 0 Å². The van der Waals surface area contributed by atoms with Crippen LogP contribution in [0.5, 0.6) is 0 Å². The van der Waals surface area contributed by atoms with Crippen molar-refractivity contribution in [1.82, 2.24) is 31.9 Å². The van der Waals surface area contributed by atoms with E-state index in [1.807, 2.05) is 0 Å². The van der Waals surface area contributed by atoms with Gasteiger partial charge in [0.25, 0.3) is 0 Å². The Labute approximate surface area is 359 Å². The fourth-order valence-corrected chi connectivity index (χ4v) is 6.09. The zero-order valence-corrected chi connectivity index (χ0v) is 35.8. The fraction of sp³-hybridized carbons (Fsp3) is 0.564. The van der Waals surface area contributed by atoms with Crippen molar-refractivity contribution in [3.05, 3.63) is 47.0 Å². The zero-order valence-electron chi connectivity index (χ0n) is 35.1. The predicted octanol–water partition coefficient (Wildman–Crippen LogP) is -0.0157. The number of carboxylic acids is 3. The Morgan fingerprint density at radius 1 is 0.721 bits per heavy atom. The van der Waals surface area contributed by atoms with Crippen LogP contribution >= 0.6 is 11.6 Å². The third-order valence-corrected chi connectivity index (χ3v) is 9.34. The summed E-state index contributed by atoms with van der Waals surface area (Å²) >= 11 is 6.15. The second-order valence-electron chi connectivity index (χ2n) is 16.0. The van der Waals surface area contributed by atoms with E-state index >= 15 is 0 Å². The van der Waals surface area contributed by atoms with E-state index < -0.39 is 134 Å². The van der Waals surface area contributed by atoms with Crippen LogP contribution in [0.25, 0.3) is 0 Å². The van der Waals surface area contributed by atoms with Crippen LogP contribution in [0.3, 0.4) is 0 Å². The van der Waals surface area contributed by atoms with E-state index in [4.69, 9.17) is 16.7 Å². The first-order valence-electron chi connectivity index (χ1n) is 19.4. The minimum absolute atomic E-state index is 0.00154. The lowest BCUT2D eigenvalue weighted by Crippen LogP contribution is -2.62. The normalized spacial score (nSPS) is 14.1. The molecule has 0 aliphatic rings. The number of carbonyl (C=O) groups is 9. The third kappa shape index (κ3) is 20.1. The van der Waals surface area contributed by atoms with Crippen molar-refractivity contribution in [2.45, 2.75) is 129 Å². The lowest BCUT2D eigenvalue weighted by atomic mass is 9.77. The maximum Gasteiger partial charge on any atom is 0.475 e. The van der Waals surface area contributed by atoms with Gasteiger partial charge in [-0.05, 0) is 60.8 Å². The highest BCUT2D eigenvalue weighted by molar-refractivity contribution is 6.43. The first-order valence-corrected chi connectivity index (χ1v) is 19.8. The Bertz CT molecular complexity index is 1770. The number of carboxylic acid groups (broad SMARTS) is 3. The van der Waals surface area contributed by atoms with Crippen LogP contribution in [0.1, 0.15) is 90.7 Å². The zero-order chi connectivity index (χ0) is 46.8. The molecule has 1 aromatic carbocycles. The number of rotatable bonds is 26. The third-order valence-electron chi connectivity index (χ3n) is 9.10. The van der Waals surface area contributed by atoms with Crippen molar-refractivity contribution in [2.75, 3.05) is 0 Å². The molecule has 0 saturated heterocycles. The SMILES string of the molecule is C=CC[C@H](NC(=O)[C@H](CC(C)C)NC(=O)[C@@H](NC(=O)[C@H](Cc1ccc(Cl)cc1C)NC(=O)[C@H](CCC(=O)O)NC(=O)[C@H](CC(=O)O)NC(=O)CCC(=O)O)C(C)(C)C)B(O)O. The van der Waals surface area contributed by atoms with Crippen molar-refractivity contribution in [3.63, 3.8) is 0 Å². The summed E-state index contributed by atoms with van der Waals surface area (Å²) in [5, 5.41) is 62.2. The Balaban J connectivity index is 3.61. The molecule has 0 aliphatic heterocycles. The molecule has 0 saturated carbocycles. The monoisotopic (exact) mass is 880 g/mol. The van der Waals surface area contributed by atoms with Crippen molar-refractivity contribution in [1.29, 1.82) is 0 Å². The number of nitrogens with one attached hydrogen (secondary N) is 6. The van der Waals surface area contributed by atoms with E-state index in [9.17, 15) is 63.4 Å². The van der Waals surface area contributed by atoms with Crippen molar-refractivity contribution >= 4 is 72.1 Å². The van der Waals surface area contributed by atoms with Gasteiger partial charge in [0.15, 0.2) is 0 Å². The lowest BCUT2D eigenvalue weighted by Gasteiger charge is -2.34. The molecule has 6 atom stereocenters. The molecule has 338 valence electrons. The topological polar surface area (TPSA) is 327 Å². The quantitative estimate of drug-likeness (QED) is 0.0431. The number of hydrogen-bond acceptors (Lipinski definition) is 11. The molecule has 61 heavy (non-hydrogen) atoms. The van der Waals surface area contributed by atoms with Gasteiger partial charge in [0.1, 0.15) is 30.2 Å². The number of halogens is 1. The summed E-state index contributed by atoms with van der Waals surface area (Å²) < 4.78 is 0. The van der Waals surface area contributed by atoms with Crippen LogP contribution in [0.2, 0.25) is 5.02 Å². The van der Waals surface area contributed by atoms with Gasteiger partial charge in [-0.25, -0.2) is 0 Å². The molecular formula is C39H58BClN6O14. The van der Waals surface area contributed by atoms with Crippen molar-refractivity contribution in [3.8, 4) is 0 Å². The number of amides is 6. The lowest BCUT2D eigenvalue weighted by molar-refractivity contribution is -0.142.